The molecule has 2 rings (SSSR count). The van der Waals surface area contributed by atoms with Crippen LogP contribution in [0.15, 0.2) is 23.1 Å². The SMILES string of the molecule is CCSc1cccc(NCC2CC(O)C2)c1C(=O)O. The van der Waals surface area contributed by atoms with Crippen LogP contribution in [0.3, 0.4) is 0 Å². The number of aromatic carboxylic acids is 1. The van der Waals surface area contributed by atoms with Gasteiger partial charge in [-0.1, -0.05) is 13.0 Å². The molecule has 0 aliphatic heterocycles. The van der Waals surface area contributed by atoms with E-state index >= 15 is 0 Å². The molecule has 0 heterocycles. The first-order valence-electron chi connectivity index (χ1n) is 6.52. The van der Waals surface area contributed by atoms with Crippen LogP contribution in [-0.2, 0) is 0 Å². The highest BCUT2D eigenvalue weighted by Gasteiger charge is 2.27. The van der Waals surface area contributed by atoms with Gasteiger partial charge in [-0.2, -0.15) is 0 Å². The Bertz CT molecular complexity index is 458. The van der Waals surface area contributed by atoms with Crippen LogP contribution < -0.4 is 5.32 Å². The predicted molar refractivity (Wildman–Crippen MR) is 77.0 cm³/mol. The number of carbonyl (C=O) groups is 1. The number of anilines is 1. The minimum absolute atomic E-state index is 0.173. The number of carboxylic acid groups (broad SMARTS) is 1. The van der Waals surface area contributed by atoms with Crippen LogP contribution in [0.1, 0.15) is 30.1 Å². The van der Waals surface area contributed by atoms with Gasteiger partial charge in [0.15, 0.2) is 0 Å². The molecule has 4 nitrogen and oxygen atoms in total. The van der Waals surface area contributed by atoms with Crippen molar-refractivity contribution in [1.82, 2.24) is 0 Å². The molecular formula is C14H19NO3S. The lowest BCUT2D eigenvalue weighted by Crippen LogP contribution is -2.33. The van der Waals surface area contributed by atoms with E-state index in [0.29, 0.717) is 17.2 Å². The molecule has 1 aromatic carbocycles. The van der Waals surface area contributed by atoms with Gasteiger partial charge < -0.3 is 15.5 Å². The molecule has 1 fully saturated rings. The fourth-order valence-electron chi connectivity index (χ4n) is 2.30. The van der Waals surface area contributed by atoms with Gasteiger partial charge in [-0.15, -0.1) is 11.8 Å². The van der Waals surface area contributed by atoms with Crippen molar-refractivity contribution >= 4 is 23.4 Å². The molecule has 0 aromatic heterocycles. The van der Waals surface area contributed by atoms with Crippen LogP contribution in [-0.4, -0.2) is 34.6 Å². The lowest BCUT2D eigenvalue weighted by molar-refractivity contribution is 0.0486. The van der Waals surface area contributed by atoms with Gasteiger partial charge in [0.2, 0.25) is 0 Å². The first-order chi connectivity index (χ1) is 9.11. The lowest BCUT2D eigenvalue weighted by atomic mass is 9.82. The third-order valence-electron chi connectivity index (χ3n) is 3.33. The molecule has 1 aliphatic rings. The van der Waals surface area contributed by atoms with Crippen molar-refractivity contribution in [3.63, 3.8) is 0 Å². The fourth-order valence-corrected chi connectivity index (χ4v) is 3.12. The molecule has 0 saturated heterocycles. The van der Waals surface area contributed by atoms with Gasteiger partial charge in [-0.25, -0.2) is 4.79 Å². The van der Waals surface area contributed by atoms with E-state index in [1.54, 1.807) is 6.07 Å². The van der Waals surface area contributed by atoms with E-state index in [-0.39, 0.29) is 6.10 Å². The fraction of sp³-hybridized carbons (Fsp3) is 0.500. The Kier molecular flexibility index (Phi) is 4.71. The molecule has 3 N–H and O–H groups in total. The summed E-state index contributed by atoms with van der Waals surface area (Å²) >= 11 is 1.54. The normalized spacial score (nSPS) is 21.8. The topological polar surface area (TPSA) is 69.6 Å². The number of hydrogen-bond donors (Lipinski definition) is 3. The van der Waals surface area contributed by atoms with E-state index in [2.05, 4.69) is 5.32 Å². The summed E-state index contributed by atoms with van der Waals surface area (Å²) in [4.78, 5) is 12.2. The summed E-state index contributed by atoms with van der Waals surface area (Å²) in [6, 6.07) is 5.52. The Morgan fingerprint density at radius 2 is 2.21 bits per heavy atom. The van der Waals surface area contributed by atoms with Crippen molar-refractivity contribution in [2.75, 3.05) is 17.6 Å². The van der Waals surface area contributed by atoms with E-state index in [1.165, 1.54) is 11.8 Å². The smallest absolute Gasteiger partial charge is 0.338 e. The molecular weight excluding hydrogens is 262 g/mol. The number of nitrogens with one attached hydrogen (secondary N) is 1. The van der Waals surface area contributed by atoms with E-state index < -0.39 is 5.97 Å². The average molecular weight is 281 g/mol. The number of carboxylic acids is 1. The minimum Gasteiger partial charge on any atom is -0.478 e. The molecule has 0 radical (unpaired) electrons. The van der Waals surface area contributed by atoms with Gasteiger partial charge in [0.05, 0.1) is 11.7 Å². The zero-order valence-corrected chi connectivity index (χ0v) is 11.7. The Balaban J connectivity index is 2.09. The zero-order valence-electron chi connectivity index (χ0n) is 10.9. The van der Waals surface area contributed by atoms with Gasteiger partial charge in [-0.05, 0) is 36.6 Å². The van der Waals surface area contributed by atoms with Crippen LogP contribution >= 0.6 is 11.8 Å². The van der Waals surface area contributed by atoms with E-state index in [1.807, 2.05) is 19.1 Å². The van der Waals surface area contributed by atoms with Crippen molar-refractivity contribution in [3.05, 3.63) is 23.8 Å². The second-order valence-corrected chi connectivity index (χ2v) is 6.09. The van der Waals surface area contributed by atoms with Gasteiger partial charge in [0.1, 0.15) is 0 Å². The summed E-state index contributed by atoms with van der Waals surface area (Å²) in [5.74, 6) is 0.394. The standard InChI is InChI=1S/C14H19NO3S/c1-2-19-12-5-3-4-11(13(12)14(17)18)15-8-9-6-10(16)7-9/h3-5,9-10,15-16H,2,6-8H2,1H3,(H,17,18). The monoisotopic (exact) mass is 281 g/mol. The van der Waals surface area contributed by atoms with E-state index in [0.717, 1.165) is 30.0 Å². The number of rotatable bonds is 6. The molecule has 0 spiro atoms. The molecule has 0 atom stereocenters. The maximum absolute atomic E-state index is 11.4. The van der Waals surface area contributed by atoms with E-state index in [4.69, 9.17) is 0 Å². The summed E-state index contributed by atoms with van der Waals surface area (Å²) in [6.07, 6.45) is 1.44. The van der Waals surface area contributed by atoms with Crippen molar-refractivity contribution < 1.29 is 15.0 Å². The Morgan fingerprint density at radius 1 is 1.47 bits per heavy atom. The highest BCUT2D eigenvalue weighted by atomic mass is 32.2. The zero-order chi connectivity index (χ0) is 13.8. The molecule has 1 aromatic rings. The van der Waals surface area contributed by atoms with Gasteiger partial charge in [-0.3, -0.25) is 0 Å². The first-order valence-corrected chi connectivity index (χ1v) is 7.51. The Morgan fingerprint density at radius 3 is 2.79 bits per heavy atom. The van der Waals surface area contributed by atoms with Crippen molar-refractivity contribution in [3.8, 4) is 0 Å². The van der Waals surface area contributed by atoms with Crippen molar-refractivity contribution in [2.45, 2.75) is 30.8 Å². The molecule has 1 saturated carbocycles. The third kappa shape index (κ3) is 3.42. The van der Waals surface area contributed by atoms with Crippen LogP contribution in [0, 0.1) is 5.92 Å². The molecule has 0 bridgehead atoms. The maximum atomic E-state index is 11.4. The largest absolute Gasteiger partial charge is 0.478 e. The molecule has 5 heteroatoms. The first kappa shape index (κ1) is 14.2. The van der Waals surface area contributed by atoms with Crippen molar-refractivity contribution in [2.24, 2.45) is 5.92 Å². The maximum Gasteiger partial charge on any atom is 0.338 e. The lowest BCUT2D eigenvalue weighted by Gasteiger charge is -2.31. The summed E-state index contributed by atoms with van der Waals surface area (Å²) < 4.78 is 0. The summed E-state index contributed by atoms with van der Waals surface area (Å²) in [5, 5.41) is 21.8. The van der Waals surface area contributed by atoms with Crippen LogP contribution in [0.5, 0.6) is 0 Å². The number of thioether (sulfide) groups is 1. The number of hydrogen-bond acceptors (Lipinski definition) is 4. The molecule has 0 unspecified atom stereocenters. The highest BCUT2D eigenvalue weighted by molar-refractivity contribution is 7.99. The third-order valence-corrected chi connectivity index (χ3v) is 4.27. The molecule has 19 heavy (non-hydrogen) atoms. The summed E-state index contributed by atoms with van der Waals surface area (Å²) in [5.41, 5.74) is 1.03. The molecule has 104 valence electrons. The van der Waals surface area contributed by atoms with Gasteiger partial charge in [0.25, 0.3) is 0 Å². The van der Waals surface area contributed by atoms with Crippen LogP contribution in [0.4, 0.5) is 5.69 Å². The van der Waals surface area contributed by atoms with E-state index in [9.17, 15) is 15.0 Å². The van der Waals surface area contributed by atoms with Gasteiger partial charge >= 0.3 is 5.97 Å². The Hall–Kier alpha value is -1.20. The number of aliphatic hydroxyl groups is 1. The predicted octanol–water partition coefficient (Wildman–Crippen LogP) is 2.68. The quantitative estimate of drug-likeness (QED) is 0.699. The van der Waals surface area contributed by atoms with Gasteiger partial charge in [0, 0.05) is 17.1 Å². The number of benzene rings is 1. The van der Waals surface area contributed by atoms with Crippen molar-refractivity contribution in [1.29, 1.82) is 0 Å². The average Bonchev–Trinajstić information content (AvgIpc) is 2.33. The number of aliphatic hydroxyl groups excluding tert-OH is 1. The summed E-state index contributed by atoms with van der Waals surface area (Å²) in [6.45, 7) is 2.73. The van der Waals surface area contributed by atoms with Crippen LogP contribution in [0.25, 0.3) is 0 Å². The molecule has 0 amide bonds. The second-order valence-electron chi connectivity index (χ2n) is 4.79. The summed E-state index contributed by atoms with van der Waals surface area (Å²) in [7, 11) is 0. The minimum atomic E-state index is -0.896. The highest BCUT2D eigenvalue weighted by Crippen LogP contribution is 2.31. The van der Waals surface area contributed by atoms with Crippen LogP contribution in [0.2, 0.25) is 0 Å². The molecule has 1 aliphatic carbocycles. The second kappa shape index (κ2) is 6.30. The Labute approximate surface area is 117 Å².